The van der Waals surface area contributed by atoms with Crippen molar-refractivity contribution in [2.45, 2.75) is 28.7 Å². The van der Waals surface area contributed by atoms with Gasteiger partial charge in [-0.1, -0.05) is 41.6 Å². The van der Waals surface area contributed by atoms with Crippen LogP contribution >= 0.6 is 23.4 Å². The zero-order chi connectivity index (χ0) is 21.2. The van der Waals surface area contributed by atoms with E-state index >= 15 is 0 Å². The summed E-state index contributed by atoms with van der Waals surface area (Å²) in [6.45, 7) is 3.27. The van der Waals surface area contributed by atoms with Gasteiger partial charge in [-0.2, -0.15) is 0 Å². The van der Waals surface area contributed by atoms with E-state index in [0.717, 1.165) is 40.7 Å². The third-order valence-electron chi connectivity index (χ3n) is 6.24. The Labute approximate surface area is 192 Å². The highest BCUT2D eigenvalue weighted by molar-refractivity contribution is 7.99. The molecule has 0 aliphatic carbocycles. The van der Waals surface area contributed by atoms with Crippen LogP contribution in [0.2, 0.25) is 5.15 Å². The minimum atomic E-state index is 0.0784. The number of halogens is 1. The molecule has 0 N–H and O–H groups in total. The van der Waals surface area contributed by atoms with E-state index in [4.69, 9.17) is 11.6 Å². The monoisotopic (exact) mass is 449 g/mol. The Morgan fingerprint density at radius 1 is 0.968 bits per heavy atom. The van der Waals surface area contributed by atoms with Crippen molar-refractivity contribution in [1.82, 2.24) is 9.88 Å². The summed E-state index contributed by atoms with van der Waals surface area (Å²) in [5, 5.41) is 0.485. The molecule has 31 heavy (non-hydrogen) atoms. The molecule has 0 spiro atoms. The SMILES string of the molecule is O=C(c1ccc(Sc2ccc(Cl)nc2)cc1)N(c1ccccc1)[C@H]1CN2CCC1CC2. The molecule has 3 saturated heterocycles. The fraction of sp³-hybridized carbons (Fsp3) is 0.280. The Balaban J connectivity index is 1.39. The molecule has 2 bridgehead atoms. The Kier molecular flexibility index (Phi) is 5.99. The van der Waals surface area contributed by atoms with E-state index in [9.17, 15) is 4.79 Å². The molecule has 0 saturated carbocycles. The molecular formula is C25H24ClN3OS. The van der Waals surface area contributed by atoms with Crippen LogP contribution in [-0.4, -0.2) is 41.5 Å². The largest absolute Gasteiger partial charge is 0.304 e. The van der Waals surface area contributed by atoms with Gasteiger partial charge in [0.2, 0.25) is 0 Å². The number of hydrogen-bond acceptors (Lipinski definition) is 4. The van der Waals surface area contributed by atoms with Crippen LogP contribution < -0.4 is 4.90 Å². The molecule has 2 aromatic carbocycles. The van der Waals surface area contributed by atoms with Crippen LogP contribution in [0.5, 0.6) is 0 Å². The molecule has 1 aromatic heterocycles. The first kappa shape index (κ1) is 20.6. The van der Waals surface area contributed by atoms with Gasteiger partial charge in [-0.3, -0.25) is 4.79 Å². The quantitative estimate of drug-likeness (QED) is 0.473. The second kappa shape index (κ2) is 9.03. The summed E-state index contributed by atoms with van der Waals surface area (Å²) in [5.41, 5.74) is 1.70. The number of pyridine rings is 1. The topological polar surface area (TPSA) is 36.4 Å². The summed E-state index contributed by atoms with van der Waals surface area (Å²) in [7, 11) is 0. The third kappa shape index (κ3) is 4.49. The van der Waals surface area contributed by atoms with Crippen molar-refractivity contribution >= 4 is 35.0 Å². The van der Waals surface area contributed by atoms with E-state index in [1.165, 1.54) is 12.8 Å². The van der Waals surface area contributed by atoms with Gasteiger partial charge in [0.25, 0.3) is 5.91 Å². The van der Waals surface area contributed by atoms with E-state index in [1.807, 2.05) is 65.6 Å². The van der Waals surface area contributed by atoms with Crippen molar-refractivity contribution in [3.05, 3.63) is 83.6 Å². The van der Waals surface area contributed by atoms with Crippen molar-refractivity contribution in [1.29, 1.82) is 0 Å². The number of carbonyl (C=O) groups excluding carboxylic acids is 1. The number of carbonyl (C=O) groups is 1. The first-order chi connectivity index (χ1) is 15.2. The molecule has 3 aromatic rings. The highest BCUT2D eigenvalue weighted by Crippen LogP contribution is 2.35. The lowest BCUT2D eigenvalue weighted by atomic mass is 9.82. The van der Waals surface area contributed by atoms with Crippen molar-refractivity contribution in [3.8, 4) is 0 Å². The number of para-hydroxylation sites is 1. The lowest BCUT2D eigenvalue weighted by Crippen LogP contribution is -2.59. The molecule has 3 aliphatic rings. The number of benzene rings is 2. The van der Waals surface area contributed by atoms with Crippen LogP contribution in [0.4, 0.5) is 5.69 Å². The first-order valence-electron chi connectivity index (χ1n) is 10.7. The molecule has 3 fully saturated rings. The van der Waals surface area contributed by atoms with Gasteiger partial charge >= 0.3 is 0 Å². The Bertz CT molecular complexity index is 1030. The van der Waals surface area contributed by atoms with Gasteiger partial charge in [0.15, 0.2) is 0 Å². The van der Waals surface area contributed by atoms with Crippen LogP contribution in [0, 0.1) is 5.92 Å². The number of amides is 1. The van der Waals surface area contributed by atoms with Gasteiger partial charge in [0.05, 0.1) is 6.04 Å². The zero-order valence-electron chi connectivity index (χ0n) is 17.2. The number of nitrogens with zero attached hydrogens (tertiary/aromatic N) is 3. The van der Waals surface area contributed by atoms with Gasteiger partial charge in [0, 0.05) is 33.8 Å². The van der Waals surface area contributed by atoms with Crippen molar-refractivity contribution in [2.75, 3.05) is 24.5 Å². The van der Waals surface area contributed by atoms with Crippen molar-refractivity contribution < 1.29 is 4.79 Å². The fourth-order valence-corrected chi connectivity index (χ4v) is 5.54. The molecular weight excluding hydrogens is 426 g/mol. The van der Waals surface area contributed by atoms with Crippen LogP contribution in [0.3, 0.4) is 0 Å². The summed E-state index contributed by atoms with van der Waals surface area (Å²) >= 11 is 7.48. The van der Waals surface area contributed by atoms with Gasteiger partial charge in [-0.15, -0.1) is 0 Å². The molecule has 1 atom stereocenters. The van der Waals surface area contributed by atoms with Crippen LogP contribution in [-0.2, 0) is 0 Å². The smallest absolute Gasteiger partial charge is 0.258 e. The Morgan fingerprint density at radius 3 is 2.29 bits per heavy atom. The predicted octanol–water partition coefficient (Wildman–Crippen LogP) is 5.63. The maximum atomic E-state index is 13.7. The fourth-order valence-electron chi connectivity index (χ4n) is 4.64. The second-order valence-electron chi connectivity index (χ2n) is 8.16. The molecule has 4 nitrogen and oxygen atoms in total. The van der Waals surface area contributed by atoms with Crippen LogP contribution in [0.25, 0.3) is 0 Å². The Hall–Kier alpha value is -2.34. The molecule has 1 amide bonds. The normalized spacial score (nSPS) is 22.3. The van der Waals surface area contributed by atoms with Gasteiger partial charge in [-0.25, -0.2) is 4.98 Å². The molecule has 0 radical (unpaired) electrons. The van der Waals surface area contributed by atoms with E-state index in [2.05, 4.69) is 9.88 Å². The first-order valence-corrected chi connectivity index (χ1v) is 11.9. The molecule has 0 unspecified atom stereocenters. The summed E-state index contributed by atoms with van der Waals surface area (Å²) < 4.78 is 0. The molecule has 158 valence electrons. The lowest BCUT2D eigenvalue weighted by Gasteiger charge is -2.49. The van der Waals surface area contributed by atoms with E-state index in [0.29, 0.717) is 11.1 Å². The lowest BCUT2D eigenvalue weighted by molar-refractivity contribution is 0.0734. The third-order valence-corrected chi connectivity index (χ3v) is 7.45. The standard InChI is InChI=1S/C25H24ClN3OS/c26-24-11-10-22(16-27-24)31-21-8-6-19(7-9-21)25(30)29(20-4-2-1-3-5-20)23-17-28-14-12-18(23)13-15-28/h1-11,16,18,23H,12-15,17H2/t23-/m0/s1. The van der Waals surface area contributed by atoms with Crippen molar-refractivity contribution in [2.24, 2.45) is 5.92 Å². The average molecular weight is 450 g/mol. The van der Waals surface area contributed by atoms with Crippen LogP contribution in [0.1, 0.15) is 23.2 Å². The molecule has 6 rings (SSSR count). The molecule has 6 heteroatoms. The number of piperidine rings is 3. The number of rotatable bonds is 5. The summed E-state index contributed by atoms with van der Waals surface area (Å²) in [6, 6.07) is 22.0. The summed E-state index contributed by atoms with van der Waals surface area (Å²) in [4.78, 5) is 24.4. The average Bonchev–Trinajstić information content (AvgIpc) is 2.83. The van der Waals surface area contributed by atoms with E-state index < -0.39 is 0 Å². The number of anilines is 1. The van der Waals surface area contributed by atoms with Gasteiger partial charge in [0.1, 0.15) is 5.15 Å². The molecule has 4 heterocycles. The van der Waals surface area contributed by atoms with Crippen LogP contribution in [0.15, 0.2) is 82.7 Å². The minimum Gasteiger partial charge on any atom is -0.304 e. The van der Waals surface area contributed by atoms with Crippen molar-refractivity contribution in [3.63, 3.8) is 0 Å². The van der Waals surface area contributed by atoms with E-state index in [-0.39, 0.29) is 11.9 Å². The highest BCUT2D eigenvalue weighted by Gasteiger charge is 2.40. The van der Waals surface area contributed by atoms with E-state index in [1.54, 1.807) is 24.0 Å². The predicted molar refractivity (Wildman–Crippen MR) is 126 cm³/mol. The summed E-state index contributed by atoms with van der Waals surface area (Å²) in [5.74, 6) is 0.649. The summed E-state index contributed by atoms with van der Waals surface area (Å²) in [6.07, 6.45) is 4.11. The molecule has 3 aliphatic heterocycles. The maximum absolute atomic E-state index is 13.7. The Morgan fingerprint density at radius 2 is 1.68 bits per heavy atom. The van der Waals surface area contributed by atoms with Gasteiger partial charge in [-0.05, 0) is 80.4 Å². The van der Waals surface area contributed by atoms with Gasteiger partial charge < -0.3 is 9.80 Å². The maximum Gasteiger partial charge on any atom is 0.258 e. The number of hydrogen-bond donors (Lipinski definition) is 0. The minimum absolute atomic E-state index is 0.0784. The zero-order valence-corrected chi connectivity index (χ0v) is 18.7. The number of fused-ring (bicyclic) bond motifs is 3. The number of aromatic nitrogens is 1. The highest BCUT2D eigenvalue weighted by atomic mass is 35.5. The second-order valence-corrected chi connectivity index (χ2v) is 9.69.